The van der Waals surface area contributed by atoms with Gasteiger partial charge in [0.1, 0.15) is 0 Å². The number of Topliss-reactive ketones (excluding diaryl/α,β-unsaturated/α-hetero) is 1. The van der Waals surface area contributed by atoms with Crippen LogP contribution in [0.15, 0.2) is 60.7 Å². The maximum absolute atomic E-state index is 12.7. The molecule has 0 aromatic heterocycles. The average molecular weight is 295 g/mol. The van der Waals surface area contributed by atoms with Crippen LogP contribution < -0.4 is 0 Å². The summed E-state index contributed by atoms with van der Waals surface area (Å²) in [6, 6.07) is 18.1. The first-order valence-corrected chi connectivity index (χ1v) is 7.35. The second-order valence-electron chi connectivity index (χ2n) is 6.22. The van der Waals surface area contributed by atoms with Crippen LogP contribution in [0.3, 0.4) is 0 Å². The Morgan fingerprint density at radius 3 is 1.73 bits per heavy atom. The normalized spacial score (nSPS) is 11.0. The summed E-state index contributed by atoms with van der Waals surface area (Å²) in [4.78, 5) is 26.8. The van der Waals surface area contributed by atoms with Crippen LogP contribution in [0.25, 0.3) is 0 Å². The van der Waals surface area contributed by atoms with Gasteiger partial charge >= 0.3 is 0 Å². The van der Waals surface area contributed by atoms with E-state index in [0.717, 1.165) is 0 Å². The zero-order valence-corrected chi connectivity index (χ0v) is 13.2. The zero-order valence-electron chi connectivity index (χ0n) is 13.2. The van der Waals surface area contributed by atoms with Gasteiger partial charge in [0, 0.05) is 16.7 Å². The summed E-state index contributed by atoms with van der Waals surface area (Å²) in [6.07, 6.45) is 0. The molecule has 0 atom stereocenters. The van der Waals surface area contributed by atoms with Crippen molar-refractivity contribution in [3.05, 3.63) is 71.8 Å². The van der Waals surface area contributed by atoms with E-state index in [4.69, 9.17) is 0 Å². The van der Waals surface area contributed by atoms with E-state index in [1.165, 1.54) is 0 Å². The van der Waals surface area contributed by atoms with E-state index in [9.17, 15) is 9.59 Å². The van der Waals surface area contributed by atoms with Gasteiger partial charge in [0.2, 0.25) is 0 Å². The third-order valence-corrected chi connectivity index (χ3v) is 3.47. The fourth-order valence-electron chi connectivity index (χ4n) is 2.21. The van der Waals surface area contributed by atoms with E-state index >= 15 is 0 Å². The van der Waals surface area contributed by atoms with Crippen LogP contribution >= 0.6 is 0 Å². The SMILES string of the molecule is CC(C)(C)N(CC(=O)c1ccccc1)C(=O)c1ccccc1. The molecule has 0 radical (unpaired) electrons. The predicted molar refractivity (Wildman–Crippen MR) is 88.0 cm³/mol. The molecular weight excluding hydrogens is 274 g/mol. The molecule has 0 saturated heterocycles. The highest BCUT2D eigenvalue weighted by Crippen LogP contribution is 2.18. The molecule has 0 unspecified atom stereocenters. The number of hydrogen-bond donors (Lipinski definition) is 0. The van der Waals surface area contributed by atoms with E-state index in [2.05, 4.69) is 0 Å². The first-order valence-electron chi connectivity index (χ1n) is 7.35. The number of carbonyl (C=O) groups excluding carboxylic acids is 2. The molecule has 3 nitrogen and oxygen atoms in total. The molecule has 0 saturated carbocycles. The number of hydrogen-bond acceptors (Lipinski definition) is 2. The maximum Gasteiger partial charge on any atom is 0.254 e. The number of ketones is 1. The zero-order chi connectivity index (χ0) is 16.2. The van der Waals surface area contributed by atoms with Gasteiger partial charge in [-0.3, -0.25) is 9.59 Å². The Labute approximate surface area is 131 Å². The lowest BCUT2D eigenvalue weighted by Crippen LogP contribution is -2.48. The summed E-state index contributed by atoms with van der Waals surface area (Å²) in [5, 5.41) is 0. The average Bonchev–Trinajstić information content (AvgIpc) is 2.52. The van der Waals surface area contributed by atoms with Gasteiger partial charge in [0.15, 0.2) is 5.78 Å². The lowest BCUT2D eigenvalue weighted by atomic mass is 10.0. The highest BCUT2D eigenvalue weighted by atomic mass is 16.2. The highest BCUT2D eigenvalue weighted by molar-refractivity contribution is 6.02. The van der Waals surface area contributed by atoms with Crippen molar-refractivity contribution in [1.29, 1.82) is 0 Å². The van der Waals surface area contributed by atoms with Gasteiger partial charge in [-0.25, -0.2) is 0 Å². The standard InChI is InChI=1S/C19H21NO2/c1-19(2,3)20(18(22)16-12-8-5-9-13-16)14-17(21)15-10-6-4-7-11-15/h4-13H,14H2,1-3H3. The quantitative estimate of drug-likeness (QED) is 0.804. The minimum atomic E-state index is -0.433. The summed E-state index contributed by atoms with van der Waals surface area (Å²) in [5.41, 5.74) is 0.785. The van der Waals surface area contributed by atoms with Crippen molar-refractivity contribution >= 4 is 11.7 Å². The van der Waals surface area contributed by atoms with Crippen LogP contribution in [0.5, 0.6) is 0 Å². The van der Waals surface area contributed by atoms with Gasteiger partial charge in [-0.15, -0.1) is 0 Å². The molecule has 1 amide bonds. The Morgan fingerprint density at radius 1 is 0.818 bits per heavy atom. The summed E-state index contributed by atoms with van der Waals surface area (Å²) in [5.74, 6) is -0.183. The van der Waals surface area contributed by atoms with Gasteiger partial charge < -0.3 is 4.90 Å². The molecular formula is C19H21NO2. The minimum Gasteiger partial charge on any atom is -0.326 e. The smallest absolute Gasteiger partial charge is 0.254 e. The summed E-state index contributed by atoms with van der Waals surface area (Å²) >= 11 is 0. The molecule has 0 N–H and O–H groups in total. The molecule has 0 spiro atoms. The molecule has 2 rings (SSSR count). The summed E-state index contributed by atoms with van der Waals surface area (Å²) in [7, 11) is 0. The molecule has 0 heterocycles. The van der Waals surface area contributed by atoms with Crippen LogP contribution in [-0.2, 0) is 0 Å². The Balaban J connectivity index is 2.25. The van der Waals surface area contributed by atoms with Gasteiger partial charge in [-0.2, -0.15) is 0 Å². The van der Waals surface area contributed by atoms with Crippen molar-refractivity contribution in [3.8, 4) is 0 Å². The van der Waals surface area contributed by atoms with Crippen molar-refractivity contribution < 1.29 is 9.59 Å². The van der Waals surface area contributed by atoms with Crippen molar-refractivity contribution in [2.45, 2.75) is 26.3 Å². The molecule has 114 valence electrons. The van der Waals surface area contributed by atoms with E-state index in [1.54, 1.807) is 29.2 Å². The Kier molecular flexibility index (Phi) is 4.76. The number of amides is 1. The van der Waals surface area contributed by atoms with Gasteiger partial charge in [0.05, 0.1) is 6.54 Å². The lowest BCUT2D eigenvalue weighted by Gasteiger charge is -2.35. The van der Waals surface area contributed by atoms with Crippen molar-refractivity contribution in [3.63, 3.8) is 0 Å². The summed E-state index contributed by atoms with van der Waals surface area (Å²) < 4.78 is 0. The van der Waals surface area contributed by atoms with Crippen LogP contribution in [0.2, 0.25) is 0 Å². The van der Waals surface area contributed by atoms with Crippen LogP contribution in [0, 0.1) is 0 Å². The number of rotatable bonds is 4. The Bertz CT molecular complexity index is 642. The topological polar surface area (TPSA) is 37.4 Å². The second-order valence-corrected chi connectivity index (χ2v) is 6.22. The number of carbonyl (C=O) groups is 2. The molecule has 22 heavy (non-hydrogen) atoms. The van der Waals surface area contributed by atoms with Gasteiger partial charge in [0.25, 0.3) is 5.91 Å². The molecule has 0 aliphatic heterocycles. The van der Waals surface area contributed by atoms with Crippen LogP contribution in [-0.4, -0.2) is 28.7 Å². The molecule has 3 heteroatoms. The first kappa shape index (κ1) is 16.0. The molecule has 0 aliphatic rings. The van der Waals surface area contributed by atoms with E-state index in [-0.39, 0.29) is 18.2 Å². The highest BCUT2D eigenvalue weighted by Gasteiger charge is 2.29. The second kappa shape index (κ2) is 6.56. The fraction of sp³-hybridized carbons (Fsp3) is 0.263. The third-order valence-electron chi connectivity index (χ3n) is 3.47. The van der Waals surface area contributed by atoms with Crippen molar-refractivity contribution in [2.75, 3.05) is 6.54 Å². The van der Waals surface area contributed by atoms with E-state index < -0.39 is 5.54 Å². The molecule has 0 bridgehead atoms. The molecule has 2 aromatic rings. The maximum atomic E-state index is 12.7. The van der Waals surface area contributed by atoms with Gasteiger partial charge in [-0.1, -0.05) is 48.5 Å². The minimum absolute atomic E-state index is 0.0557. The largest absolute Gasteiger partial charge is 0.326 e. The molecule has 0 fully saturated rings. The Hall–Kier alpha value is -2.42. The predicted octanol–water partition coefficient (Wildman–Crippen LogP) is 3.81. The third kappa shape index (κ3) is 3.82. The van der Waals surface area contributed by atoms with Crippen LogP contribution in [0.4, 0.5) is 0 Å². The van der Waals surface area contributed by atoms with Crippen LogP contribution in [0.1, 0.15) is 41.5 Å². The van der Waals surface area contributed by atoms with Gasteiger partial charge in [-0.05, 0) is 32.9 Å². The Morgan fingerprint density at radius 2 is 1.27 bits per heavy atom. The fourth-order valence-corrected chi connectivity index (χ4v) is 2.21. The summed E-state index contributed by atoms with van der Waals surface area (Å²) in [6.45, 7) is 5.88. The number of nitrogens with zero attached hydrogens (tertiary/aromatic N) is 1. The van der Waals surface area contributed by atoms with Crippen molar-refractivity contribution in [1.82, 2.24) is 4.90 Å². The lowest BCUT2D eigenvalue weighted by molar-refractivity contribution is 0.0547. The van der Waals surface area contributed by atoms with E-state index in [1.807, 2.05) is 57.2 Å². The first-order chi connectivity index (χ1) is 10.4. The monoisotopic (exact) mass is 295 g/mol. The molecule has 0 aliphatic carbocycles. The van der Waals surface area contributed by atoms with E-state index in [0.29, 0.717) is 11.1 Å². The molecule has 2 aromatic carbocycles. The van der Waals surface area contributed by atoms with Crippen molar-refractivity contribution in [2.24, 2.45) is 0 Å². The number of benzene rings is 2.